The third-order valence-electron chi connectivity index (χ3n) is 2.13. The number of hydrogen-bond donors (Lipinski definition) is 2. The lowest BCUT2D eigenvalue weighted by Crippen LogP contribution is -2.37. The fraction of sp³-hybridized carbons (Fsp3) is 0.364. The molecule has 1 aromatic carbocycles. The van der Waals surface area contributed by atoms with Gasteiger partial charge in [0.2, 0.25) is 5.91 Å². The Morgan fingerprint density at radius 1 is 1.33 bits per heavy atom. The maximum Gasteiger partial charge on any atom is 0.405 e. The quantitative estimate of drug-likeness (QED) is 0.819. The first-order valence-corrected chi connectivity index (χ1v) is 5.12. The zero-order chi connectivity index (χ0) is 13.8. The van der Waals surface area contributed by atoms with Crippen LogP contribution in [-0.2, 0) is 4.79 Å². The van der Waals surface area contributed by atoms with Crippen LogP contribution in [0, 0.1) is 12.7 Å². The summed E-state index contributed by atoms with van der Waals surface area (Å²) in [5.74, 6) is -1.41. The summed E-state index contributed by atoms with van der Waals surface area (Å²) >= 11 is 0. The van der Waals surface area contributed by atoms with E-state index in [9.17, 15) is 22.4 Å². The van der Waals surface area contributed by atoms with Crippen molar-refractivity contribution in [2.45, 2.75) is 13.1 Å². The highest BCUT2D eigenvalue weighted by Crippen LogP contribution is 2.18. The molecule has 2 N–H and O–H groups in total. The lowest BCUT2D eigenvalue weighted by atomic mass is 10.2. The van der Waals surface area contributed by atoms with E-state index >= 15 is 0 Å². The molecule has 1 aromatic rings. The molecule has 7 heteroatoms. The number of hydrogen-bond acceptors (Lipinski definition) is 2. The van der Waals surface area contributed by atoms with E-state index in [1.807, 2.05) is 0 Å². The molecule has 0 aliphatic heterocycles. The van der Waals surface area contributed by atoms with E-state index in [1.165, 1.54) is 12.1 Å². The van der Waals surface area contributed by atoms with Crippen LogP contribution in [-0.4, -0.2) is 25.2 Å². The van der Waals surface area contributed by atoms with Crippen LogP contribution >= 0.6 is 0 Å². The molecule has 1 amide bonds. The molecule has 0 bridgehead atoms. The van der Waals surface area contributed by atoms with Gasteiger partial charge in [-0.1, -0.05) is 12.1 Å². The number of amides is 1. The van der Waals surface area contributed by atoms with Gasteiger partial charge in [0.1, 0.15) is 12.4 Å². The maximum atomic E-state index is 13.3. The van der Waals surface area contributed by atoms with Crippen molar-refractivity contribution in [2.24, 2.45) is 0 Å². The van der Waals surface area contributed by atoms with Crippen LogP contribution in [0.25, 0.3) is 0 Å². The second-order valence-electron chi connectivity index (χ2n) is 3.68. The first-order chi connectivity index (χ1) is 8.29. The van der Waals surface area contributed by atoms with Crippen molar-refractivity contribution >= 4 is 11.6 Å². The predicted octanol–water partition coefficient (Wildman–Crippen LogP) is 2.22. The molecule has 3 nitrogen and oxygen atoms in total. The molecule has 0 fully saturated rings. The molecule has 0 aliphatic rings. The number of nitrogens with one attached hydrogen (secondary N) is 2. The van der Waals surface area contributed by atoms with Gasteiger partial charge < -0.3 is 10.6 Å². The standard InChI is InChI=1S/C11H12F4N2O/c1-7-3-2-4-8(12)10(7)16-5-9(18)17-6-11(13,14)15/h2-4,16H,5-6H2,1H3,(H,17,18). The molecule has 0 atom stereocenters. The first kappa shape index (κ1) is 14.3. The Bertz CT molecular complexity index is 411. The van der Waals surface area contributed by atoms with Gasteiger partial charge in [-0.2, -0.15) is 13.2 Å². The Balaban J connectivity index is 2.48. The fourth-order valence-electron chi connectivity index (χ4n) is 1.29. The molecule has 100 valence electrons. The number of aryl methyl sites for hydroxylation is 1. The molecule has 0 unspecified atom stereocenters. The van der Waals surface area contributed by atoms with Gasteiger partial charge in [0.15, 0.2) is 0 Å². The van der Waals surface area contributed by atoms with E-state index in [2.05, 4.69) is 5.32 Å². The number of anilines is 1. The highest BCUT2D eigenvalue weighted by Gasteiger charge is 2.27. The van der Waals surface area contributed by atoms with Crippen LogP contribution in [0.5, 0.6) is 0 Å². The minimum absolute atomic E-state index is 0.111. The van der Waals surface area contributed by atoms with Gasteiger partial charge in [-0.15, -0.1) is 0 Å². The molecular formula is C11H12F4N2O. The number of alkyl halides is 3. The lowest BCUT2D eigenvalue weighted by Gasteiger charge is -2.11. The molecule has 0 aromatic heterocycles. The molecular weight excluding hydrogens is 252 g/mol. The van der Waals surface area contributed by atoms with Gasteiger partial charge in [-0.3, -0.25) is 4.79 Å². The molecule has 0 saturated heterocycles. The van der Waals surface area contributed by atoms with E-state index in [0.29, 0.717) is 5.56 Å². The maximum absolute atomic E-state index is 13.3. The number of carbonyl (C=O) groups excluding carboxylic acids is 1. The van der Waals surface area contributed by atoms with E-state index < -0.39 is 31.0 Å². The number of carbonyl (C=O) groups is 1. The Hall–Kier alpha value is -1.79. The third-order valence-corrected chi connectivity index (χ3v) is 2.13. The largest absolute Gasteiger partial charge is 0.405 e. The number of para-hydroxylation sites is 1. The van der Waals surface area contributed by atoms with Crippen molar-refractivity contribution in [3.05, 3.63) is 29.6 Å². The van der Waals surface area contributed by atoms with Gasteiger partial charge in [-0.25, -0.2) is 4.39 Å². The Kier molecular flexibility index (Phi) is 4.52. The average Bonchev–Trinajstić information content (AvgIpc) is 2.25. The molecule has 0 spiro atoms. The molecule has 18 heavy (non-hydrogen) atoms. The zero-order valence-corrected chi connectivity index (χ0v) is 9.57. The molecule has 1 rings (SSSR count). The highest BCUT2D eigenvalue weighted by atomic mass is 19.4. The van der Waals surface area contributed by atoms with Crippen molar-refractivity contribution in [3.8, 4) is 0 Å². The lowest BCUT2D eigenvalue weighted by molar-refractivity contribution is -0.137. The van der Waals surface area contributed by atoms with E-state index in [4.69, 9.17) is 0 Å². The van der Waals surface area contributed by atoms with Crippen molar-refractivity contribution < 1.29 is 22.4 Å². The van der Waals surface area contributed by atoms with Crippen LogP contribution in [0.2, 0.25) is 0 Å². The van der Waals surface area contributed by atoms with Gasteiger partial charge in [0, 0.05) is 0 Å². The van der Waals surface area contributed by atoms with Crippen molar-refractivity contribution in [2.75, 3.05) is 18.4 Å². The van der Waals surface area contributed by atoms with Crippen LogP contribution in [0.4, 0.5) is 23.2 Å². The summed E-state index contributed by atoms with van der Waals surface area (Å²) in [6.07, 6.45) is -4.45. The highest BCUT2D eigenvalue weighted by molar-refractivity contribution is 5.81. The van der Waals surface area contributed by atoms with E-state index in [1.54, 1.807) is 18.3 Å². The molecule has 0 heterocycles. The summed E-state index contributed by atoms with van der Waals surface area (Å²) < 4.78 is 48.7. The summed E-state index contributed by atoms with van der Waals surface area (Å²) in [5.41, 5.74) is 0.679. The Morgan fingerprint density at radius 2 is 2.00 bits per heavy atom. The minimum atomic E-state index is -4.45. The van der Waals surface area contributed by atoms with Crippen molar-refractivity contribution in [3.63, 3.8) is 0 Å². The molecule has 0 saturated carbocycles. The van der Waals surface area contributed by atoms with Crippen LogP contribution < -0.4 is 10.6 Å². The summed E-state index contributed by atoms with van der Waals surface area (Å²) in [5, 5.41) is 4.15. The van der Waals surface area contributed by atoms with E-state index in [0.717, 1.165) is 0 Å². The summed E-state index contributed by atoms with van der Waals surface area (Å²) in [6, 6.07) is 4.32. The SMILES string of the molecule is Cc1cccc(F)c1NCC(=O)NCC(F)(F)F. The first-order valence-electron chi connectivity index (χ1n) is 5.12. The van der Waals surface area contributed by atoms with E-state index in [-0.39, 0.29) is 5.69 Å². The van der Waals surface area contributed by atoms with Crippen molar-refractivity contribution in [1.29, 1.82) is 0 Å². The van der Waals surface area contributed by atoms with Gasteiger partial charge in [-0.05, 0) is 18.6 Å². The monoisotopic (exact) mass is 264 g/mol. The predicted molar refractivity (Wildman–Crippen MR) is 58.7 cm³/mol. The fourth-order valence-corrected chi connectivity index (χ4v) is 1.29. The van der Waals surface area contributed by atoms with Crippen LogP contribution in [0.1, 0.15) is 5.56 Å². The number of benzene rings is 1. The Morgan fingerprint density at radius 3 is 2.56 bits per heavy atom. The minimum Gasteiger partial charge on any atom is -0.374 e. The van der Waals surface area contributed by atoms with Gasteiger partial charge >= 0.3 is 6.18 Å². The van der Waals surface area contributed by atoms with Gasteiger partial charge in [0.25, 0.3) is 0 Å². The van der Waals surface area contributed by atoms with Crippen LogP contribution in [0.3, 0.4) is 0 Å². The summed E-state index contributed by atoms with van der Waals surface area (Å²) in [4.78, 5) is 11.1. The zero-order valence-electron chi connectivity index (χ0n) is 9.57. The van der Waals surface area contributed by atoms with Crippen molar-refractivity contribution in [1.82, 2.24) is 5.32 Å². The van der Waals surface area contributed by atoms with Crippen LogP contribution in [0.15, 0.2) is 18.2 Å². The Labute approximate surface area is 101 Å². The second-order valence-corrected chi connectivity index (χ2v) is 3.68. The normalized spacial score (nSPS) is 11.2. The summed E-state index contributed by atoms with van der Waals surface area (Å²) in [6.45, 7) is -0.194. The number of rotatable bonds is 4. The smallest absolute Gasteiger partial charge is 0.374 e. The van der Waals surface area contributed by atoms with Gasteiger partial charge in [0.05, 0.1) is 12.2 Å². The second kappa shape index (κ2) is 5.70. The topological polar surface area (TPSA) is 41.1 Å². The third kappa shape index (κ3) is 4.60. The molecule has 0 aliphatic carbocycles. The average molecular weight is 264 g/mol. The summed E-state index contributed by atoms with van der Waals surface area (Å²) in [7, 11) is 0. The number of halogens is 4. The molecule has 0 radical (unpaired) electrons.